The second-order valence-corrected chi connectivity index (χ2v) is 25.6. The molecule has 0 aliphatic rings. The summed E-state index contributed by atoms with van der Waals surface area (Å²) in [6.07, 6.45) is 89.8. The molecule has 0 radical (unpaired) electrons. The van der Waals surface area contributed by atoms with Crippen molar-refractivity contribution in [1.29, 1.82) is 0 Å². The quantitative estimate of drug-likeness (QED) is 0.0320. The maximum Gasteiger partial charge on any atom is 0.305 e. The summed E-state index contributed by atoms with van der Waals surface area (Å²) in [7, 11) is 0. The Bertz CT molecular complexity index is 1270. The molecule has 2 atom stereocenters. The molecule has 0 rings (SSSR count). The van der Waals surface area contributed by atoms with E-state index in [0.29, 0.717) is 25.9 Å². The average Bonchev–Trinajstić information content (AvgIpc) is 3.47. The number of ether oxygens (including phenoxy) is 1. The molecule has 1 amide bonds. The SMILES string of the molecule is CCCCC/C=C\C/C=C\CCCCCCCCCCCC(=O)OCCCCCCCCCCCCCCCCCCCCCCCCCCCCCCCCCCCCCC(=O)NC(CO)C(O)CCCCCCCCCCCC. The van der Waals surface area contributed by atoms with Crippen molar-refractivity contribution in [2.24, 2.45) is 0 Å². The number of hydrogen-bond donors (Lipinski definition) is 3. The molecule has 6 heteroatoms. The molecule has 0 fully saturated rings. The number of aliphatic hydroxyl groups is 2. The molecule has 480 valence electrons. The van der Waals surface area contributed by atoms with Crippen LogP contribution >= 0.6 is 0 Å². The van der Waals surface area contributed by atoms with Crippen LogP contribution in [0.5, 0.6) is 0 Å². The molecule has 6 nitrogen and oxygen atoms in total. The zero-order valence-electron chi connectivity index (χ0n) is 55.0. The highest BCUT2D eigenvalue weighted by molar-refractivity contribution is 5.76. The minimum atomic E-state index is -0.658. The first-order valence-electron chi connectivity index (χ1n) is 37.1. The van der Waals surface area contributed by atoms with Gasteiger partial charge in [-0.25, -0.2) is 0 Å². The van der Waals surface area contributed by atoms with Crippen LogP contribution in [0.25, 0.3) is 0 Å². The Morgan fingerprint density at radius 1 is 0.346 bits per heavy atom. The first-order valence-corrected chi connectivity index (χ1v) is 37.1. The van der Waals surface area contributed by atoms with Gasteiger partial charge in [0.05, 0.1) is 25.4 Å². The number of nitrogens with one attached hydrogen (secondary N) is 1. The van der Waals surface area contributed by atoms with Crippen molar-refractivity contribution in [3.05, 3.63) is 24.3 Å². The molecule has 0 heterocycles. The van der Waals surface area contributed by atoms with Gasteiger partial charge in [0, 0.05) is 12.8 Å². The first kappa shape index (κ1) is 79.3. The van der Waals surface area contributed by atoms with E-state index in [1.54, 1.807) is 0 Å². The molecule has 2 unspecified atom stereocenters. The highest BCUT2D eigenvalue weighted by atomic mass is 16.5. The molecule has 3 N–H and O–H groups in total. The first-order chi connectivity index (χ1) is 40.0. The Hall–Kier alpha value is -1.66. The van der Waals surface area contributed by atoms with Crippen molar-refractivity contribution >= 4 is 11.9 Å². The standard InChI is InChI=1S/C75H145NO5/c1-3-5-7-9-11-13-15-16-17-18-36-40-43-46-49-53-57-61-65-69-75(80)81-70-66-62-58-54-50-47-44-41-38-35-33-31-29-27-25-23-21-19-20-22-24-26-28-30-32-34-37-39-42-45-48-52-56-60-64-68-74(79)76-72(71-77)73(78)67-63-59-55-51-14-12-10-8-6-4-2/h11,13,16-17,72-73,77-78H,3-10,12,14-15,18-71H2,1-2H3,(H,76,79)/b13-11-,17-16-. The van der Waals surface area contributed by atoms with Crippen LogP contribution in [0.1, 0.15) is 418 Å². The van der Waals surface area contributed by atoms with Crippen LogP contribution in [0, 0.1) is 0 Å². The smallest absolute Gasteiger partial charge is 0.305 e. The van der Waals surface area contributed by atoms with Crippen molar-refractivity contribution in [3.8, 4) is 0 Å². The maximum absolute atomic E-state index is 12.5. The van der Waals surface area contributed by atoms with Crippen molar-refractivity contribution < 1.29 is 24.5 Å². The molecule has 0 saturated carbocycles. The minimum absolute atomic E-state index is 0.0194. The van der Waals surface area contributed by atoms with Crippen LogP contribution in [0.4, 0.5) is 0 Å². The molecule has 0 aromatic heterocycles. The number of aliphatic hydroxyl groups excluding tert-OH is 2. The van der Waals surface area contributed by atoms with Crippen LogP contribution in [0.15, 0.2) is 24.3 Å². The molecule has 0 saturated heterocycles. The lowest BCUT2D eigenvalue weighted by molar-refractivity contribution is -0.143. The van der Waals surface area contributed by atoms with E-state index in [9.17, 15) is 19.8 Å². The van der Waals surface area contributed by atoms with E-state index >= 15 is 0 Å². The van der Waals surface area contributed by atoms with Gasteiger partial charge >= 0.3 is 5.97 Å². The molecule has 0 aliphatic carbocycles. The lowest BCUT2D eigenvalue weighted by atomic mass is 10.0. The zero-order valence-corrected chi connectivity index (χ0v) is 55.0. The van der Waals surface area contributed by atoms with Gasteiger partial charge in [-0.3, -0.25) is 9.59 Å². The van der Waals surface area contributed by atoms with E-state index in [-0.39, 0.29) is 18.5 Å². The number of carbonyl (C=O) groups is 2. The third-order valence-corrected chi connectivity index (χ3v) is 17.5. The normalized spacial score (nSPS) is 12.6. The molecular formula is C75H145NO5. The number of carbonyl (C=O) groups excluding carboxylic acids is 2. The number of unbranched alkanes of at least 4 members (excludes halogenated alkanes) is 55. The maximum atomic E-state index is 12.5. The van der Waals surface area contributed by atoms with E-state index in [1.807, 2.05) is 0 Å². The summed E-state index contributed by atoms with van der Waals surface area (Å²) >= 11 is 0. The van der Waals surface area contributed by atoms with Crippen LogP contribution in [0.3, 0.4) is 0 Å². The van der Waals surface area contributed by atoms with Crippen molar-refractivity contribution in [2.75, 3.05) is 13.2 Å². The highest BCUT2D eigenvalue weighted by Gasteiger charge is 2.20. The Morgan fingerprint density at radius 2 is 0.617 bits per heavy atom. The van der Waals surface area contributed by atoms with Gasteiger partial charge in [0.1, 0.15) is 0 Å². The number of rotatable bonds is 70. The van der Waals surface area contributed by atoms with Crippen molar-refractivity contribution in [2.45, 2.75) is 431 Å². The minimum Gasteiger partial charge on any atom is -0.466 e. The van der Waals surface area contributed by atoms with Crippen molar-refractivity contribution in [1.82, 2.24) is 5.32 Å². The van der Waals surface area contributed by atoms with E-state index in [4.69, 9.17) is 4.74 Å². The molecule has 0 aromatic rings. The van der Waals surface area contributed by atoms with Gasteiger partial charge in [0.15, 0.2) is 0 Å². The van der Waals surface area contributed by atoms with Gasteiger partial charge in [-0.2, -0.15) is 0 Å². The lowest BCUT2D eigenvalue weighted by Crippen LogP contribution is -2.45. The summed E-state index contributed by atoms with van der Waals surface area (Å²) in [5.74, 6) is -0.00974. The summed E-state index contributed by atoms with van der Waals surface area (Å²) in [6, 6.07) is -0.535. The Balaban J connectivity index is 3.27. The summed E-state index contributed by atoms with van der Waals surface area (Å²) in [4.78, 5) is 24.6. The van der Waals surface area contributed by atoms with Gasteiger partial charge in [0.25, 0.3) is 0 Å². The van der Waals surface area contributed by atoms with E-state index in [1.165, 1.54) is 340 Å². The van der Waals surface area contributed by atoms with Crippen LogP contribution in [0.2, 0.25) is 0 Å². The topological polar surface area (TPSA) is 95.9 Å². The fraction of sp³-hybridized carbons (Fsp3) is 0.920. The summed E-state index contributed by atoms with van der Waals surface area (Å²) in [5.41, 5.74) is 0. The van der Waals surface area contributed by atoms with Crippen LogP contribution < -0.4 is 5.32 Å². The fourth-order valence-corrected chi connectivity index (χ4v) is 11.9. The van der Waals surface area contributed by atoms with Crippen LogP contribution in [-0.2, 0) is 14.3 Å². The van der Waals surface area contributed by atoms with E-state index in [0.717, 1.165) is 44.9 Å². The molecule has 0 bridgehead atoms. The fourth-order valence-electron chi connectivity index (χ4n) is 11.9. The number of esters is 1. The van der Waals surface area contributed by atoms with Crippen molar-refractivity contribution in [3.63, 3.8) is 0 Å². The van der Waals surface area contributed by atoms with Gasteiger partial charge in [-0.1, -0.05) is 372 Å². The zero-order chi connectivity index (χ0) is 58.5. The van der Waals surface area contributed by atoms with E-state index < -0.39 is 12.1 Å². The molecule has 0 spiro atoms. The monoisotopic (exact) mass is 1140 g/mol. The Morgan fingerprint density at radius 3 is 0.963 bits per heavy atom. The largest absolute Gasteiger partial charge is 0.466 e. The number of hydrogen-bond acceptors (Lipinski definition) is 5. The molecule has 81 heavy (non-hydrogen) atoms. The van der Waals surface area contributed by atoms with Gasteiger partial charge in [0.2, 0.25) is 5.91 Å². The number of amides is 1. The third-order valence-electron chi connectivity index (χ3n) is 17.5. The van der Waals surface area contributed by atoms with Gasteiger partial charge in [-0.15, -0.1) is 0 Å². The Kier molecular flexibility index (Phi) is 69.4. The molecular weight excluding hydrogens is 995 g/mol. The van der Waals surface area contributed by atoms with E-state index in [2.05, 4.69) is 43.5 Å². The summed E-state index contributed by atoms with van der Waals surface area (Å²) in [5, 5.41) is 23.2. The van der Waals surface area contributed by atoms with Gasteiger partial charge in [-0.05, 0) is 57.8 Å². The predicted octanol–water partition coefficient (Wildman–Crippen LogP) is 24.1. The Labute approximate surface area is 507 Å². The third kappa shape index (κ3) is 67.3. The van der Waals surface area contributed by atoms with Gasteiger partial charge < -0.3 is 20.3 Å². The molecule has 0 aliphatic heterocycles. The number of allylic oxidation sites excluding steroid dienone is 4. The highest BCUT2D eigenvalue weighted by Crippen LogP contribution is 2.20. The summed E-state index contributed by atoms with van der Waals surface area (Å²) < 4.78 is 5.51. The molecule has 0 aromatic carbocycles. The predicted molar refractivity (Wildman–Crippen MR) is 356 cm³/mol. The van der Waals surface area contributed by atoms with Crippen LogP contribution in [-0.4, -0.2) is 47.4 Å². The average molecular weight is 1140 g/mol. The second-order valence-electron chi connectivity index (χ2n) is 25.6. The summed E-state index contributed by atoms with van der Waals surface area (Å²) in [6.45, 7) is 4.95. The second kappa shape index (κ2) is 70.8. The lowest BCUT2D eigenvalue weighted by Gasteiger charge is -2.22.